The van der Waals surface area contributed by atoms with Crippen molar-refractivity contribution in [1.82, 2.24) is 0 Å². The Balaban J connectivity index is 2.09. The Morgan fingerprint density at radius 1 is 1.83 bits per heavy atom. The van der Waals surface area contributed by atoms with E-state index in [2.05, 4.69) is 9.47 Å². The Hall–Kier alpha value is -0.120. The van der Waals surface area contributed by atoms with Crippen LogP contribution in [0.5, 0.6) is 0 Å². The van der Waals surface area contributed by atoms with Gasteiger partial charge in [0.2, 0.25) is 12.6 Å². The molecule has 1 fully saturated rings. The molecule has 0 aromatic carbocycles. The number of aliphatic hydroxyl groups excluding tert-OH is 1. The Kier molecular flexibility index (Phi) is 0.799. The predicted molar refractivity (Wildman–Crippen MR) is 17.9 cm³/mol. The molecular formula is C3H6O3. The number of rotatable bonds is 1. The first kappa shape index (κ1) is 4.05. The van der Waals surface area contributed by atoms with Gasteiger partial charge in [-0.2, -0.15) is 0 Å². The Morgan fingerprint density at radius 2 is 2.33 bits per heavy atom. The Labute approximate surface area is 35.5 Å². The van der Waals surface area contributed by atoms with Gasteiger partial charge in [0.15, 0.2) is 0 Å². The molecule has 2 atom stereocenters. The summed E-state index contributed by atoms with van der Waals surface area (Å²) in [6.45, 7) is 0. The maximum atomic E-state index is 8.28. The molecule has 0 spiro atoms. The number of aliphatic hydroxyl groups is 1. The number of ether oxygens (including phenoxy) is 2. The molecule has 1 aliphatic rings. The zero-order valence-electron chi connectivity index (χ0n) is 3.42. The summed E-state index contributed by atoms with van der Waals surface area (Å²) in [6, 6.07) is 0. The zero-order valence-corrected chi connectivity index (χ0v) is 3.42. The molecule has 1 rings (SSSR count). The van der Waals surface area contributed by atoms with Crippen LogP contribution in [-0.4, -0.2) is 24.8 Å². The van der Waals surface area contributed by atoms with Crippen molar-refractivity contribution in [3.63, 3.8) is 0 Å². The number of epoxide rings is 1. The van der Waals surface area contributed by atoms with Gasteiger partial charge in [-0.25, -0.2) is 0 Å². The fraction of sp³-hybridized carbons (Fsp3) is 1.00. The molecule has 0 radical (unpaired) electrons. The molecule has 36 valence electrons. The van der Waals surface area contributed by atoms with Crippen LogP contribution in [0, 0.1) is 0 Å². The number of hydrogen-bond acceptors (Lipinski definition) is 3. The molecule has 0 aliphatic carbocycles. The molecule has 3 nitrogen and oxygen atoms in total. The van der Waals surface area contributed by atoms with E-state index in [1.165, 1.54) is 7.11 Å². The largest absolute Gasteiger partial charge is 0.364 e. The average Bonchev–Trinajstić information content (AvgIpc) is 2.19. The average molecular weight is 90.1 g/mol. The monoisotopic (exact) mass is 90.0 g/mol. The van der Waals surface area contributed by atoms with Gasteiger partial charge in [0.05, 0.1) is 0 Å². The third-order valence-electron chi connectivity index (χ3n) is 0.662. The lowest BCUT2D eigenvalue weighted by Crippen LogP contribution is -1.92. The standard InChI is InChI=1S/C3H6O3/c1-5-3-2(4)6-3/h2-4H,1H3. The van der Waals surface area contributed by atoms with E-state index in [0.29, 0.717) is 0 Å². The Morgan fingerprint density at radius 3 is 2.33 bits per heavy atom. The van der Waals surface area contributed by atoms with Crippen LogP contribution in [0.4, 0.5) is 0 Å². The van der Waals surface area contributed by atoms with Crippen molar-refractivity contribution in [2.24, 2.45) is 0 Å². The summed E-state index contributed by atoms with van der Waals surface area (Å²) in [5, 5.41) is 8.28. The van der Waals surface area contributed by atoms with Crippen molar-refractivity contribution in [2.45, 2.75) is 12.6 Å². The van der Waals surface area contributed by atoms with E-state index in [1.54, 1.807) is 0 Å². The highest BCUT2D eigenvalue weighted by atomic mass is 16.8. The molecule has 1 saturated heterocycles. The molecule has 3 heteroatoms. The third kappa shape index (κ3) is 0.518. The van der Waals surface area contributed by atoms with Crippen molar-refractivity contribution >= 4 is 0 Å². The molecule has 6 heavy (non-hydrogen) atoms. The van der Waals surface area contributed by atoms with Crippen molar-refractivity contribution in [3.05, 3.63) is 0 Å². The lowest BCUT2D eigenvalue weighted by atomic mass is 10.8. The van der Waals surface area contributed by atoms with Gasteiger partial charge in [0.25, 0.3) is 0 Å². The summed E-state index contributed by atoms with van der Waals surface area (Å²) in [5.74, 6) is 0. The van der Waals surface area contributed by atoms with Crippen LogP contribution in [0.2, 0.25) is 0 Å². The van der Waals surface area contributed by atoms with E-state index < -0.39 is 6.29 Å². The van der Waals surface area contributed by atoms with E-state index in [-0.39, 0.29) is 6.29 Å². The van der Waals surface area contributed by atoms with Crippen molar-refractivity contribution in [1.29, 1.82) is 0 Å². The van der Waals surface area contributed by atoms with Crippen LogP contribution in [0.3, 0.4) is 0 Å². The highest BCUT2D eigenvalue weighted by Crippen LogP contribution is 2.17. The summed E-state index contributed by atoms with van der Waals surface area (Å²) >= 11 is 0. The van der Waals surface area contributed by atoms with Crippen LogP contribution < -0.4 is 0 Å². The van der Waals surface area contributed by atoms with Gasteiger partial charge in [-0.3, -0.25) is 0 Å². The van der Waals surface area contributed by atoms with Crippen LogP contribution in [0.25, 0.3) is 0 Å². The first-order valence-electron chi connectivity index (χ1n) is 1.71. The molecule has 0 saturated carbocycles. The summed E-state index contributed by atoms with van der Waals surface area (Å²) in [5.41, 5.74) is 0. The second kappa shape index (κ2) is 1.18. The molecule has 1 N–H and O–H groups in total. The van der Waals surface area contributed by atoms with Gasteiger partial charge >= 0.3 is 0 Å². The minimum Gasteiger partial charge on any atom is -0.364 e. The van der Waals surface area contributed by atoms with Crippen LogP contribution in [0.15, 0.2) is 0 Å². The molecule has 0 bridgehead atoms. The molecule has 0 aromatic rings. The molecule has 0 amide bonds. The van der Waals surface area contributed by atoms with Gasteiger partial charge in [-0.1, -0.05) is 0 Å². The van der Waals surface area contributed by atoms with Crippen LogP contribution in [-0.2, 0) is 9.47 Å². The van der Waals surface area contributed by atoms with Gasteiger partial charge < -0.3 is 14.6 Å². The van der Waals surface area contributed by atoms with E-state index in [0.717, 1.165) is 0 Å². The summed E-state index contributed by atoms with van der Waals surface area (Å²) in [7, 11) is 1.49. The second-order valence-electron chi connectivity index (χ2n) is 1.13. The van der Waals surface area contributed by atoms with Crippen molar-refractivity contribution < 1.29 is 14.6 Å². The topological polar surface area (TPSA) is 42.0 Å². The van der Waals surface area contributed by atoms with Crippen LogP contribution in [0.1, 0.15) is 0 Å². The highest BCUT2D eigenvalue weighted by molar-refractivity contribution is 4.60. The molecule has 2 unspecified atom stereocenters. The zero-order chi connectivity index (χ0) is 4.57. The van der Waals surface area contributed by atoms with E-state index in [4.69, 9.17) is 5.11 Å². The smallest absolute Gasteiger partial charge is 0.211 e. The second-order valence-corrected chi connectivity index (χ2v) is 1.13. The lowest BCUT2D eigenvalue weighted by Gasteiger charge is -1.78. The maximum Gasteiger partial charge on any atom is 0.211 e. The predicted octanol–water partition coefficient (Wildman–Crippen LogP) is -0.693. The summed E-state index contributed by atoms with van der Waals surface area (Å²) in [6.07, 6.45) is -1.00. The molecule has 1 heterocycles. The number of methoxy groups -OCH3 is 1. The van der Waals surface area contributed by atoms with Crippen molar-refractivity contribution in [2.75, 3.05) is 7.11 Å². The molecule has 1 aliphatic heterocycles. The highest BCUT2D eigenvalue weighted by Gasteiger charge is 2.36. The van der Waals surface area contributed by atoms with Gasteiger partial charge in [0, 0.05) is 7.11 Å². The minimum atomic E-state index is -0.657. The minimum absolute atomic E-state index is 0.343. The van der Waals surface area contributed by atoms with E-state index in [1.807, 2.05) is 0 Å². The summed E-state index contributed by atoms with van der Waals surface area (Å²) < 4.78 is 8.90. The maximum absolute atomic E-state index is 8.28. The fourth-order valence-corrected chi connectivity index (χ4v) is 0.264. The molecule has 0 aromatic heterocycles. The van der Waals surface area contributed by atoms with E-state index >= 15 is 0 Å². The van der Waals surface area contributed by atoms with Crippen molar-refractivity contribution in [3.8, 4) is 0 Å². The van der Waals surface area contributed by atoms with Gasteiger partial charge in [-0.05, 0) is 0 Å². The van der Waals surface area contributed by atoms with Gasteiger partial charge in [0.1, 0.15) is 0 Å². The third-order valence-corrected chi connectivity index (χ3v) is 0.662. The Bertz CT molecular complexity index is 52.0. The molecular weight excluding hydrogens is 84.0 g/mol. The number of hydrogen-bond donors (Lipinski definition) is 1. The SMILES string of the molecule is COC1OC1O. The quantitative estimate of drug-likeness (QED) is 0.433. The first-order chi connectivity index (χ1) is 2.84. The normalized spacial score (nSPS) is 43.0. The van der Waals surface area contributed by atoms with Gasteiger partial charge in [-0.15, -0.1) is 0 Å². The lowest BCUT2D eigenvalue weighted by molar-refractivity contribution is 0.0949. The van der Waals surface area contributed by atoms with E-state index in [9.17, 15) is 0 Å². The first-order valence-corrected chi connectivity index (χ1v) is 1.71. The fourth-order valence-electron chi connectivity index (χ4n) is 0.264. The summed E-state index contributed by atoms with van der Waals surface area (Å²) in [4.78, 5) is 0. The van der Waals surface area contributed by atoms with Crippen LogP contribution >= 0.6 is 0 Å².